The molecule has 0 saturated heterocycles. The molecule has 9 nitrogen and oxygen atoms in total. The van der Waals surface area contributed by atoms with Gasteiger partial charge in [0.15, 0.2) is 0 Å². The van der Waals surface area contributed by atoms with E-state index in [1.807, 2.05) is 0 Å². The van der Waals surface area contributed by atoms with Crippen LogP contribution in [-0.4, -0.2) is 41.7 Å². The van der Waals surface area contributed by atoms with Crippen molar-refractivity contribution in [2.45, 2.75) is 25.8 Å². The molecule has 11 heteroatoms. The van der Waals surface area contributed by atoms with E-state index < -0.39 is 17.6 Å². The summed E-state index contributed by atoms with van der Waals surface area (Å²) in [6.45, 7) is 0.0409. The summed E-state index contributed by atoms with van der Waals surface area (Å²) in [5.41, 5.74) is 0.931. The van der Waals surface area contributed by atoms with E-state index in [0.717, 1.165) is 18.2 Å². The number of carbonyl (C=O) groups is 2. The number of pyridine rings is 1. The molecule has 2 N–H and O–H groups in total. The SMILES string of the molecule is O=C(CCc1nc(-c2ccc(O)cn2)no1)Cc1cn(Cc2cc(F)cc(F)c2)cc1C(=O)O. The number of aryl methyl sites for hydroxylation is 1. The number of aromatic nitrogens is 4. The van der Waals surface area contributed by atoms with Crippen molar-refractivity contribution in [2.75, 3.05) is 0 Å². The van der Waals surface area contributed by atoms with Gasteiger partial charge in [-0.3, -0.25) is 4.79 Å². The van der Waals surface area contributed by atoms with Crippen LogP contribution < -0.4 is 0 Å². The molecule has 0 aliphatic rings. The third-order valence-electron chi connectivity index (χ3n) is 4.93. The lowest BCUT2D eigenvalue weighted by Gasteiger charge is -2.04. The van der Waals surface area contributed by atoms with E-state index in [1.54, 1.807) is 0 Å². The number of hydrogen-bond donors (Lipinski definition) is 2. The fourth-order valence-electron chi connectivity index (χ4n) is 3.42. The third-order valence-corrected chi connectivity index (χ3v) is 4.93. The first kappa shape index (κ1) is 22.8. The van der Waals surface area contributed by atoms with Crippen LogP contribution in [0.25, 0.3) is 11.5 Å². The molecule has 0 amide bonds. The van der Waals surface area contributed by atoms with Crippen LogP contribution in [0.2, 0.25) is 0 Å². The average molecular weight is 468 g/mol. The van der Waals surface area contributed by atoms with Gasteiger partial charge in [0.05, 0.1) is 11.8 Å². The first-order valence-electron chi connectivity index (χ1n) is 10.1. The van der Waals surface area contributed by atoms with E-state index in [4.69, 9.17) is 4.52 Å². The molecule has 0 radical (unpaired) electrons. The Morgan fingerprint density at radius 2 is 1.85 bits per heavy atom. The predicted octanol–water partition coefficient (Wildman–Crippen LogP) is 3.41. The number of hydrogen-bond acceptors (Lipinski definition) is 7. The maximum atomic E-state index is 13.4. The van der Waals surface area contributed by atoms with Crippen LogP contribution in [0.3, 0.4) is 0 Å². The lowest BCUT2D eigenvalue weighted by atomic mass is 10.0. The number of carboxylic acid groups (broad SMARTS) is 1. The Hall–Kier alpha value is -4.41. The van der Waals surface area contributed by atoms with Crippen molar-refractivity contribution < 1.29 is 33.1 Å². The molecule has 0 aliphatic carbocycles. The van der Waals surface area contributed by atoms with Gasteiger partial charge >= 0.3 is 5.97 Å². The largest absolute Gasteiger partial charge is 0.506 e. The number of carbonyl (C=O) groups excluding carboxylic acids is 1. The lowest BCUT2D eigenvalue weighted by molar-refractivity contribution is -0.118. The number of rotatable bonds is 9. The highest BCUT2D eigenvalue weighted by Gasteiger charge is 2.18. The number of nitrogens with zero attached hydrogens (tertiary/aromatic N) is 4. The van der Waals surface area contributed by atoms with Gasteiger partial charge in [0.25, 0.3) is 0 Å². The van der Waals surface area contributed by atoms with E-state index in [1.165, 1.54) is 35.3 Å². The molecule has 0 bridgehead atoms. The normalized spacial score (nSPS) is 11.0. The first-order chi connectivity index (χ1) is 16.3. The highest BCUT2D eigenvalue weighted by molar-refractivity contribution is 5.92. The molecule has 0 unspecified atom stereocenters. The van der Waals surface area contributed by atoms with E-state index in [2.05, 4.69) is 15.1 Å². The van der Waals surface area contributed by atoms with Crippen LogP contribution in [-0.2, 0) is 24.2 Å². The van der Waals surface area contributed by atoms with E-state index in [0.29, 0.717) is 11.3 Å². The van der Waals surface area contributed by atoms with E-state index in [9.17, 15) is 28.6 Å². The van der Waals surface area contributed by atoms with Crippen LogP contribution in [0.4, 0.5) is 8.78 Å². The molecular weight excluding hydrogens is 450 g/mol. The second-order valence-electron chi connectivity index (χ2n) is 7.58. The van der Waals surface area contributed by atoms with Crippen molar-refractivity contribution in [1.82, 2.24) is 19.7 Å². The summed E-state index contributed by atoms with van der Waals surface area (Å²) in [5, 5.41) is 22.6. The maximum Gasteiger partial charge on any atom is 0.337 e. The second kappa shape index (κ2) is 9.61. The number of Topliss-reactive ketones (excluding diaryl/α,β-unsaturated/α-hetero) is 1. The van der Waals surface area contributed by atoms with Crippen molar-refractivity contribution >= 4 is 11.8 Å². The van der Waals surface area contributed by atoms with Gasteiger partial charge in [-0.25, -0.2) is 18.6 Å². The molecule has 0 fully saturated rings. The summed E-state index contributed by atoms with van der Waals surface area (Å²) in [5.74, 6) is -2.52. The first-order valence-corrected chi connectivity index (χ1v) is 10.1. The monoisotopic (exact) mass is 468 g/mol. The highest BCUT2D eigenvalue weighted by atomic mass is 19.1. The Kier molecular flexibility index (Phi) is 6.44. The standard InChI is InChI=1S/C23H18F2N4O5/c24-15-5-13(6-16(25)8-15)10-29-11-14(19(12-29)23(32)33)7-17(30)2-4-21-27-22(28-34-21)20-3-1-18(31)9-26-20/h1,3,5-6,8-9,11-12,31H,2,4,7,10H2,(H,32,33). The molecule has 4 rings (SSSR count). The zero-order valence-corrected chi connectivity index (χ0v) is 17.6. The fourth-order valence-corrected chi connectivity index (χ4v) is 3.42. The van der Waals surface area contributed by atoms with Crippen molar-refractivity contribution in [3.05, 3.63) is 83.1 Å². The molecule has 3 aromatic heterocycles. The molecule has 3 heterocycles. The van der Waals surface area contributed by atoms with Crippen molar-refractivity contribution in [3.8, 4) is 17.3 Å². The Balaban J connectivity index is 1.40. The van der Waals surface area contributed by atoms with Crippen LogP contribution >= 0.6 is 0 Å². The smallest absolute Gasteiger partial charge is 0.337 e. The Morgan fingerprint density at radius 1 is 1.09 bits per heavy atom. The van der Waals surface area contributed by atoms with Gasteiger partial charge in [-0.15, -0.1) is 0 Å². The number of benzene rings is 1. The average Bonchev–Trinajstić information content (AvgIpc) is 3.39. The van der Waals surface area contributed by atoms with E-state index in [-0.39, 0.29) is 60.2 Å². The summed E-state index contributed by atoms with van der Waals surface area (Å²) in [6, 6.07) is 6.01. The highest BCUT2D eigenvalue weighted by Crippen LogP contribution is 2.18. The number of carboxylic acids is 1. The lowest BCUT2D eigenvalue weighted by Crippen LogP contribution is -2.07. The zero-order valence-electron chi connectivity index (χ0n) is 17.6. The zero-order chi connectivity index (χ0) is 24.2. The Labute approximate surface area is 191 Å². The van der Waals surface area contributed by atoms with E-state index >= 15 is 0 Å². The minimum Gasteiger partial charge on any atom is -0.506 e. The maximum absolute atomic E-state index is 13.4. The van der Waals surface area contributed by atoms with Crippen molar-refractivity contribution in [3.63, 3.8) is 0 Å². The molecular formula is C23H18F2N4O5. The molecule has 34 heavy (non-hydrogen) atoms. The van der Waals surface area contributed by atoms with Crippen LogP contribution in [0.5, 0.6) is 5.75 Å². The Bertz CT molecular complexity index is 1330. The molecule has 0 spiro atoms. The molecule has 0 atom stereocenters. The van der Waals surface area contributed by atoms with Gasteiger partial charge in [-0.05, 0) is 35.4 Å². The van der Waals surface area contributed by atoms with Crippen LogP contribution in [0.1, 0.15) is 33.8 Å². The predicted molar refractivity (Wildman–Crippen MR) is 113 cm³/mol. The van der Waals surface area contributed by atoms with Crippen molar-refractivity contribution in [2.24, 2.45) is 0 Å². The molecule has 0 saturated carbocycles. The summed E-state index contributed by atoms with van der Waals surface area (Å²) in [7, 11) is 0. The van der Waals surface area contributed by atoms with Crippen molar-refractivity contribution in [1.29, 1.82) is 0 Å². The third kappa shape index (κ3) is 5.49. The topological polar surface area (TPSA) is 131 Å². The molecule has 1 aromatic carbocycles. The van der Waals surface area contributed by atoms with Gasteiger partial charge in [-0.2, -0.15) is 4.98 Å². The van der Waals surface area contributed by atoms with Gasteiger partial charge in [0.2, 0.25) is 11.7 Å². The number of halogens is 2. The molecule has 0 aliphatic heterocycles. The van der Waals surface area contributed by atoms with Gasteiger partial charge in [0.1, 0.15) is 28.9 Å². The summed E-state index contributed by atoms with van der Waals surface area (Å²) >= 11 is 0. The quantitative estimate of drug-likeness (QED) is 0.382. The van der Waals surface area contributed by atoms with Gasteiger partial charge < -0.3 is 19.3 Å². The summed E-state index contributed by atoms with van der Waals surface area (Å²) in [6.07, 6.45) is 4.08. The summed E-state index contributed by atoms with van der Waals surface area (Å²) < 4.78 is 33.5. The number of aromatic carboxylic acids is 1. The van der Waals surface area contributed by atoms with Crippen LogP contribution in [0, 0.1) is 11.6 Å². The van der Waals surface area contributed by atoms with Gasteiger partial charge in [0, 0.05) is 44.3 Å². The molecule has 174 valence electrons. The fraction of sp³-hybridized carbons (Fsp3) is 0.174. The minimum atomic E-state index is -1.21. The second-order valence-corrected chi connectivity index (χ2v) is 7.58. The van der Waals surface area contributed by atoms with Gasteiger partial charge in [-0.1, -0.05) is 5.16 Å². The van der Waals surface area contributed by atoms with Crippen LogP contribution in [0.15, 0.2) is 53.4 Å². The number of ketones is 1. The molecule has 4 aromatic rings. The Morgan fingerprint density at radius 3 is 2.53 bits per heavy atom. The number of aromatic hydroxyl groups is 1. The minimum absolute atomic E-state index is 0.00396. The summed E-state index contributed by atoms with van der Waals surface area (Å²) in [4.78, 5) is 32.3.